The molecule has 1 aromatic heterocycles. The van der Waals surface area contributed by atoms with Gasteiger partial charge >= 0.3 is 0 Å². The van der Waals surface area contributed by atoms with E-state index in [2.05, 4.69) is 17.3 Å². The molecule has 1 unspecified atom stereocenters. The monoisotopic (exact) mass is 243 g/mol. The van der Waals surface area contributed by atoms with E-state index >= 15 is 0 Å². The van der Waals surface area contributed by atoms with Crippen LogP contribution in [0.3, 0.4) is 0 Å². The third kappa shape index (κ3) is 3.22. The molecule has 1 aromatic rings. The van der Waals surface area contributed by atoms with E-state index in [1.54, 1.807) is 0 Å². The summed E-state index contributed by atoms with van der Waals surface area (Å²) in [5.74, 6) is 0. The quantitative estimate of drug-likeness (QED) is 0.833. The van der Waals surface area contributed by atoms with Crippen LogP contribution in [0.5, 0.6) is 0 Å². The Kier molecular flexibility index (Phi) is 5.29. The average Bonchev–Trinajstić information content (AvgIpc) is 2.50. The van der Waals surface area contributed by atoms with Crippen molar-refractivity contribution in [2.24, 2.45) is 7.05 Å². The Labute approximate surface area is 103 Å². The van der Waals surface area contributed by atoms with Crippen LogP contribution in [0.25, 0.3) is 0 Å². The number of unbranched alkanes of at least 4 members (excludes halogenated alkanes) is 1. The van der Waals surface area contributed by atoms with Crippen molar-refractivity contribution in [1.29, 1.82) is 0 Å². The van der Waals surface area contributed by atoms with Gasteiger partial charge in [0.15, 0.2) is 0 Å². The number of halogens is 1. The number of nitrogens with zero attached hydrogens (tertiary/aromatic N) is 2. The molecule has 1 N–H and O–H groups in total. The van der Waals surface area contributed by atoms with Crippen molar-refractivity contribution < 1.29 is 0 Å². The largest absolute Gasteiger partial charge is 0.317 e. The smallest absolute Gasteiger partial charge is 0.0847 e. The van der Waals surface area contributed by atoms with Gasteiger partial charge in [0.25, 0.3) is 0 Å². The lowest BCUT2D eigenvalue weighted by Gasteiger charge is -2.16. The van der Waals surface area contributed by atoms with Gasteiger partial charge in [-0.25, -0.2) is 0 Å². The molecule has 0 spiro atoms. The highest BCUT2D eigenvalue weighted by Gasteiger charge is 2.15. The summed E-state index contributed by atoms with van der Waals surface area (Å²) in [4.78, 5) is 0. The summed E-state index contributed by atoms with van der Waals surface area (Å²) >= 11 is 6.24. The molecule has 0 saturated carbocycles. The third-order valence-electron chi connectivity index (χ3n) is 3.02. The normalized spacial score (nSPS) is 13.1. The number of hydrogen-bond acceptors (Lipinski definition) is 2. The van der Waals surface area contributed by atoms with Gasteiger partial charge in [-0.15, -0.1) is 0 Å². The summed E-state index contributed by atoms with van der Waals surface area (Å²) in [7, 11) is 3.97. The lowest BCUT2D eigenvalue weighted by atomic mass is 10.0. The molecule has 0 aliphatic heterocycles. The van der Waals surface area contributed by atoms with Crippen LogP contribution in [0, 0.1) is 6.92 Å². The molecule has 0 saturated heterocycles. The van der Waals surface area contributed by atoms with Gasteiger partial charge in [-0.3, -0.25) is 4.68 Å². The molecular formula is C12H22ClN3. The van der Waals surface area contributed by atoms with E-state index in [1.807, 2.05) is 25.7 Å². The van der Waals surface area contributed by atoms with E-state index in [9.17, 15) is 0 Å². The molecule has 0 aliphatic rings. The summed E-state index contributed by atoms with van der Waals surface area (Å²) in [6, 6.07) is 0.493. The Hall–Kier alpha value is -0.540. The van der Waals surface area contributed by atoms with Crippen LogP contribution >= 0.6 is 11.6 Å². The maximum absolute atomic E-state index is 6.24. The second-order valence-electron chi connectivity index (χ2n) is 4.30. The number of aryl methyl sites for hydroxylation is 2. The second-order valence-corrected chi connectivity index (χ2v) is 4.68. The van der Waals surface area contributed by atoms with Gasteiger partial charge in [-0.2, -0.15) is 5.10 Å². The molecule has 0 aromatic carbocycles. The second kappa shape index (κ2) is 6.26. The number of hydrogen-bond donors (Lipinski definition) is 1. The Morgan fingerprint density at radius 3 is 2.62 bits per heavy atom. The first-order valence-electron chi connectivity index (χ1n) is 5.95. The molecule has 0 amide bonds. The van der Waals surface area contributed by atoms with Gasteiger partial charge in [-0.05, 0) is 20.4 Å². The fourth-order valence-corrected chi connectivity index (χ4v) is 2.17. The van der Waals surface area contributed by atoms with Gasteiger partial charge < -0.3 is 5.32 Å². The van der Waals surface area contributed by atoms with Crippen molar-refractivity contribution in [3.63, 3.8) is 0 Å². The molecule has 1 heterocycles. The standard InChI is InChI=1S/C12H22ClN3/c1-5-6-7-10(14-3)8-11-12(13)9(2)15-16(11)4/h10,14H,5-8H2,1-4H3. The van der Waals surface area contributed by atoms with Crippen molar-refractivity contribution in [3.05, 3.63) is 16.4 Å². The van der Waals surface area contributed by atoms with Crippen molar-refractivity contribution in [1.82, 2.24) is 15.1 Å². The van der Waals surface area contributed by atoms with Crippen LogP contribution in [-0.4, -0.2) is 22.9 Å². The topological polar surface area (TPSA) is 29.9 Å². The maximum Gasteiger partial charge on any atom is 0.0847 e. The minimum absolute atomic E-state index is 0.493. The number of nitrogens with one attached hydrogen (secondary N) is 1. The van der Waals surface area contributed by atoms with Crippen LogP contribution in [0.1, 0.15) is 37.6 Å². The fraction of sp³-hybridized carbons (Fsp3) is 0.750. The summed E-state index contributed by atoms with van der Waals surface area (Å²) < 4.78 is 1.90. The van der Waals surface area contributed by atoms with E-state index in [4.69, 9.17) is 11.6 Å². The highest BCUT2D eigenvalue weighted by molar-refractivity contribution is 6.31. The van der Waals surface area contributed by atoms with Gasteiger partial charge in [0, 0.05) is 19.5 Å². The van der Waals surface area contributed by atoms with Gasteiger partial charge in [-0.1, -0.05) is 31.4 Å². The predicted molar refractivity (Wildman–Crippen MR) is 69.0 cm³/mol. The highest BCUT2D eigenvalue weighted by Crippen LogP contribution is 2.21. The molecule has 1 atom stereocenters. The molecule has 3 nitrogen and oxygen atoms in total. The predicted octanol–water partition coefficient (Wildman–Crippen LogP) is 2.70. The molecular weight excluding hydrogens is 222 g/mol. The molecule has 4 heteroatoms. The lowest BCUT2D eigenvalue weighted by Crippen LogP contribution is -2.28. The Balaban J connectivity index is 2.69. The lowest BCUT2D eigenvalue weighted by molar-refractivity contribution is 0.485. The Bertz CT molecular complexity index is 333. The SMILES string of the molecule is CCCCC(Cc1c(Cl)c(C)nn1C)NC. The van der Waals surface area contributed by atoms with E-state index in [-0.39, 0.29) is 0 Å². The van der Waals surface area contributed by atoms with Gasteiger partial charge in [0.2, 0.25) is 0 Å². The van der Waals surface area contributed by atoms with Crippen LogP contribution in [-0.2, 0) is 13.5 Å². The Morgan fingerprint density at radius 1 is 1.50 bits per heavy atom. The van der Waals surface area contributed by atoms with Crippen molar-refractivity contribution >= 4 is 11.6 Å². The zero-order valence-corrected chi connectivity index (χ0v) is 11.4. The molecule has 0 fully saturated rings. The summed E-state index contributed by atoms with van der Waals surface area (Å²) in [6.07, 6.45) is 4.62. The third-order valence-corrected chi connectivity index (χ3v) is 3.51. The number of rotatable bonds is 6. The molecule has 16 heavy (non-hydrogen) atoms. The number of aromatic nitrogens is 2. The summed E-state index contributed by atoms with van der Waals surface area (Å²) in [5, 5.41) is 8.50. The zero-order chi connectivity index (χ0) is 12.1. The minimum Gasteiger partial charge on any atom is -0.317 e. The fourth-order valence-electron chi connectivity index (χ4n) is 1.93. The minimum atomic E-state index is 0.493. The van der Waals surface area contributed by atoms with E-state index in [1.165, 1.54) is 19.3 Å². The zero-order valence-electron chi connectivity index (χ0n) is 10.7. The first-order valence-corrected chi connectivity index (χ1v) is 6.33. The molecule has 0 radical (unpaired) electrons. The summed E-state index contributed by atoms with van der Waals surface area (Å²) in [5.41, 5.74) is 2.05. The molecule has 0 bridgehead atoms. The van der Waals surface area contributed by atoms with Crippen molar-refractivity contribution in [3.8, 4) is 0 Å². The van der Waals surface area contributed by atoms with Gasteiger partial charge in [0.05, 0.1) is 16.4 Å². The average molecular weight is 244 g/mol. The first kappa shape index (κ1) is 13.5. The highest BCUT2D eigenvalue weighted by atomic mass is 35.5. The number of likely N-dealkylation sites (N-methyl/N-ethyl adjacent to an activating group) is 1. The van der Waals surface area contributed by atoms with E-state index < -0.39 is 0 Å². The van der Waals surface area contributed by atoms with E-state index in [0.717, 1.165) is 22.8 Å². The molecule has 0 aliphatic carbocycles. The van der Waals surface area contributed by atoms with Crippen LogP contribution < -0.4 is 5.32 Å². The van der Waals surface area contributed by atoms with Gasteiger partial charge in [0.1, 0.15) is 0 Å². The van der Waals surface area contributed by atoms with Crippen molar-refractivity contribution in [2.75, 3.05) is 7.05 Å². The van der Waals surface area contributed by atoms with Crippen LogP contribution in [0.15, 0.2) is 0 Å². The van der Waals surface area contributed by atoms with Crippen LogP contribution in [0.4, 0.5) is 0 Å². The first-order chi connectivity index (χ1) is 7.60. The summed E-state index contributed by atoms with van der Waals surface area (Å²) in [6.45, 7) is 4.17. The Morgan fingerprint density at radius 2 is 2.19 bits per heavy atom. The van der Waals surface area contributed by atoms with E-state index in [0.29, 0.717) is 6.04 Å². The molecule has 1 rings (SSSR count). The van der Waals surface area contributed by atoms with Crippen molar-refractivity contribution in [2.45, 2.75) is 45.6 Å². The maximum atomic E-state index is 6.24. The van der Waals surface area contributed by atoms with Crippen LogP contribution in [0.2, 0.25) is 5.02 Å². The molecule has 92 valence electrons.